The number of halogens is 3. The Balaban J connectivity index is 1.52. The minimum Gasteiger partial charge on any atom is -0.323 e. The van der Waals surface area contributed by atoms with E-state index in [1.807, 2.05) is 11.5 Å². The molecular weight excluding hydrogens is 434 g/mol. The monoisotopic (exact) mass is 450 g/mol. The van der Waals surface area contributed by atoms with Crippen molar-refractivity contribution in [2.45, 2.75) is 31.0 Å². The van der Waals surface area contributed by atoms with Crippen molar-refractivity contribution in [2.75, 3.05) is 11.1 Å². The lowest BCUT2D eigenvalue weighted by atomic mass is 10.2. The fourth-order valence-corrected chi connectivity index (χ4v) is 4.21. The van der Waals surface area contributed by atoms with Gasteiger partial charge in [0.2, 0.25) is 5.91 Å². The van der Waals surface area contributed by atoms with Crippen LogP contribution in [0.25, 0.3) is 11.4 Å². The molecule has 3 aromatic rings. The van der Waals surface area contributed by atoms with Crippen molar-refractivity contribution >= 4 is 46.6 Å². The number of nitrogens with zero attached hydrogens (tertiary/aromatic N) is 3. The van der Waals surface area contributed by atoms with Gasteiger partial charge in [-0.3, -0.25) is 9.36 Å². The van der Waals surface area contributed by atoms with Crippen LogP contribution in [0.1, 0.15) is 24.4 Å². The van der Waals surface area contributed by atoms with Crippen molar-refractivity contribution in [3.63, 3.8) is 0 Å². The Hall–Kier alpha value is -2.09. The van der Waals surface area contributed by atoms with Crippen LogP contribution in [-0.4, -0.2) is 26.4 Å². The molecule has 4 rings (SSSR count). The fourth-order valence-electron chi connectivity index (χ4n) is 2.94. The number of carbonyl (C=O) groups excluding carboxylic acids is 1. The quantitative estimate of drug-likeness (QED) is 0.484. The second-order valence-electron chi connectivity index (χ2n) is 6.78. The second kappa shape index (κ2) is 8.34. The van der Waals surface area contributed by atoms with Crippen molar-refractivity contribution in [3.05, 3.63) is 57.8 Å². The third kappa shape index (κ3) is 4.27. The molecule has 29 heavy (non-hydrogen) atoms. The van der Waals surface area contributed by atoms with Gasteiger partial charge in [0.1, 0.15) is 5.82 Å². The summed E-state index contributed by atoms with van der Waals surface area (Å²) in [7, 11) is 0. The van der Waals surface area contributed by atoms with Crippen molar-refractivity contribution in [1.29, 1.82) is 0 Å². The molecule has 0 atom stereocenters. The van der Waals surface area contributed by atoms with Crippen molar-refractivity contribution in [2.24, 2.45) is 0 Å². The second-order valence-corrected chi connectivity index (χ2v) is 8.50. The molecule has 9 heteroatoms. The molecule has 1 N–H and O–H groups in total. The highest BCUT2D eigenvalue weighted by atomic mass is 35.5. The topological polar surface area (TPSA) is 59.8 Å². The van der Waals surface area contributed by atoms with Crippen LogP contribution in [0, 0.1) is 12.7 Å². The van der Waals surface area contributed by atoms with Crippen LogP contribution in [-0.2, 0) is 4.79 Å². The number of carbonyl (C=O) groups is 1. The van der Waals surface area contributed by atoms with E-state index < -0.39 is 0 Å². The first-order valence-corrected chi connectivity index (χ1v) is 10.8. The molecule has 0 saturated heterocycles. The van der Waals surface area contributed by atoms with E-state index in [1.165, 1.54) is 17.8 Å². The highest BCUT2D eigenvalue weighted by molar-refractivity contribution is 7.99. The zero-order valence-electron chi connectivity index (χ0n) is 15.5. The number of benzene rings is 2. The van der Waals surface area contributed by atoms with Gasteiger partial charge in [-0.15, -0.1) is 10.2 Å². The minimum atomic E-state index is -0.347. The summed E-state index contributed by atoms with van der Waals surface area (Å²) in [6, 6.07) is 10.2. The highest BCUT2D eigenvalue weighted by Gasteiger charge is 2.31. The lowest BCUT2D eigenvalue weighted by Gasteiger charge is -2.12. The SMILES string of the molecule is Cc1ccc(Cl)c(NC(=O)CSc2nnc(-c3ccccc3F)n2C2CC2)c1Cl. The predicted octanol–water partition coefficient (Wildman–Crippen LogP) is 5.77. The van der Waals surface area contributed by atoms with Gasteiger partial charge in [0, 0.05) is 6.04 Å². The van der Waals surface area contributed by atoms with E-state index in [4.69, 9.17) is 23.2 Å². The highest BCUT2D eigenvalue weighted by Crippen LogP contribution is 2.41. The van der Waals surface area contributed by atoms with Gasteiger partial charge in [-0.05, 0) is 43.5 Å². The summed E-state index contributed by atoms with van der Waals surface area (Å²) in [5.41, 5.74) is 1.62. The van der Waals surface area contributed by atoms with Crippen LogP contribution in [0.3, 0.4) is 0 Å². The number of aromatic nitrogens is 3. The minimum absolute atomic E-state index is 0.0999. The maximum atomic E-state index is 14.2. The number of hydrogen-bond donors (Lipinski definition) is 1. The van der Waals surface area contributed by atoms with Crippen LogP contribution in [0.15, 0.2) is 41.6 Å². The maximum absolute atomic E-state index is 14.2. The van der Waals surface area contributed by atoms with Crippen LogP contribution in [0.4, 0.5) is 10.1 Å². The average Bonchev–Trinajstić information content (AvgIpc) is 3.46. The summed E-state index contributed by atoms with van der Waals surface area (Å²) in [5, 5.41) is 12.5. The van der Waals surface area contributed by atoms with E-state index in [-0.39, 0.29) is 23.5 Å². The molecule has 0 spiro atoms. The van der Waals surface area contributed by atoms with Gasteiger partial charge >= 0.3 is 0 Å². The van der Waals surface area contributed by atoms with Crippen molar-refractivity contribution < 1.29 is 9.18 Å². The maximum Gasteiger partial charge on any atom is 0.234 e. The van der Waals surface area contributed by atoms with Gasteiger partial charge in [-0.25, -0.2) is 4.39 Å². The first-order valence-electron chi connectivity index (χ1n) is 9.02. The zero-order valence-corrected chi connectivity index (χ0v) is 17.8. The average molecular weight is 451 g/mol. The first kappa shape index (κ1) is 20.2. The Morgan fingerprint density at radius 2 is 2.00 bits per heavy atom. The third-order valence-electron chi connectivity index (χ3n) is 4.57. The number of thioether (sulfide) groups is 1. The molecule has 1 amide bonds. The lowest BCUT2D eigenvalue weighted by molar-refractivity contribution is -0.113. The van der Waals surface area contributed by atoms with E-state index in [2.05, 4.69) is 15.5 Å². The summed E-state index contributed by atoms with van der Waals surface area (Å²) in [5.74, 6) is -0.0248. The van der Waals surface area contributed by atoms with Gasteiger partial charge in [0.05, 0.1) is 27.0 Å². The van der Waals surface area contributed by atoms with E-state index in [9.17, 15) is 9.18 Å². The van der Waals surface area contributed by atoms with Gasteiger partial charge in [0.25, 0.3) is 0 Å². The molecule has 1 fully saturated rings. The number of hydrogen-bond acceptors (Lipinski definition) is 4. The molecule has 0 radical (unpaired) electrons. The summed E-state index contributed by atoms with van der Waals surface area (Å²) >= 11 is 13.7. The molecule has 1 aliphatic rings. The van der Waals surface area contributed by atoms with E-state index in [0.717, 1.165) is 18.4 Å². The van der Waals surface area contributed by atoms with Crippen LogP contribution in [0.5, 0.6) is 0 Å². The van der Waals surface area contributed by atoms with Crippen LogP contribution < -0.4 is 5.32 Å². The Morgan fingerprint density at radius 1 is 1.24 bits per heavy atom. The van der Waals surface area contributed by atoms with E-state index >= 15 is 0 Å². The normalized spacial score (nSPS) is 13.5. The molecule has 0 aliphatic heterocycles. The molecule has 1 heterocycles. The van der Waals surface area contributed by atoms with Crippen LogP contribution in [0.2, 0.25) is 10.0 Å². The molecule has 150 valence electrons. The first-order chi connectivity index (χ1) is 14.0. The molecule has 2 aromatic carbocycles. The third-order valence-corrected chi connectivity index (χ3v) is 6.32. The zero-order chi connectivity index (χ0) is 20.5. The largest absolute Gasteiger partial charge is 0.323 e. The summed E-state index contributed by atoms with van der Waals surface area (Å²) in [6.45, 7) is 1.84. The van der Waals surface area contributed by atoms with Crippen LogP contribution >= 0.6 is 35.0 Å². The molecular formula is C20H17Cl2FN4OS. The van der Waals surface area contributed by atoms with Gasteiger partial charge in [0.15, 0.2) is 11.0 Å². The van der Waals surface area contributed by atoms with Gasteiger partial charge in [-0.2, -0.15) is 0 Å². The molecule has 0 bridgehead atoms. The smallest absolute Gasteiger partial charge is 0.234 e. The number of aryl methyl sites for hydroxylation is 1. The molecule has 0 unspecified atom stereocenters. The summed E-state index contributed by atoms with van der Waals surface area (Å²) < 4.78 is 16.2. The van der Waals surface area contributed by atoms with E-state index in [1.54, 1.807) is 30.3 Å². The molecule has 1 saturated carbocycles. The van der Waals surface area contributed by atoms with Gasteiger partial charge in [-0.1, -0.05) is 53.2 Å². The molecule has 5 nitrogen and oxygen atoms in total. The van der Waals surface area contributed by atoms with Gasteiger partial charge < -0.3 is 5.32 Å². The number of anilines is 1. The van der Waals surface area contributed by atoms with E-state index in [0.29, 0.717) is 32.3 Å². The molecule has 1 aliphatic carbocycles. The standard InChI is InChI=1S/C20H17Cl2FN4OS/c1-11-6-9-14(21)18(17(11)22)24-16(28)10-29-20-26-25-19(27(20)12-7-8-12)13-4-2-3-5-15(13)23/h2-6,9,12H,7-8,10H2,1H3,(H,24,28). The van der Waals surface area contributed by atoms with Crippen molar-refractivity contribution in [1.82, 2.24) is 14.8 Å². The van der Waals surface area contributed by atoms with Crippen molar-refractivity contribution in [3.8, 4) is 11.4 Å². The summed E-state index contributed by atoms with van der Waals surface area (Å²) in [6.07, 6.45) is 1.96. The fraction of sp³-hybridized carbons (Fsp3) is 0.250. The Morgan fingerprint density at radius 3 is 2.72 bits per heavy atom. The summed E-state index contributed by atoms with van der Waals surface area (Å²) in [4.78, 5) is 12.5. The number of nitrogens with one attached hydrogen (secondary N) is 1. The number of amides is 1. The lowest BCUT2D eigenvalue weighted by Crippen LogP contribution is -2.15. The predicted molar refractivity (Wildman–Crippen MR) is 114 cm³/mol. The molecule has 1 aromatic heterocycles. The Labute approximate surface area is 181 Å². The number of rotatable bonds is 6. The Kier molecular flexibility index (Phi) is 5.81. The Bertz CT molecular complexity index is 1080.